The van der Waals surface area contributed by atoms with Crippen molar-refractivity contribution in [1.82, 2.24) is 10.6 Å². The van der Waals surface area contributed by atoms with E-state index in [9.17, 15) is 28.1 Å². The number of nitrogens with one attached hydrogen (secondary N) is 2. The lowest BCUT2D eigenvalue weighted by atomic mass is 10.1. The molecule has 0 spiro atoms. The molecule has 13 heteroatoms. The summed E-state index contributed by atoms with van der Waals surface area (Å²) in [5.41, 5.74) is -0.127. The van der Waals surface area contributed by atoms with Crippen LogP contribution in [0.2, 0.25) is 0 Å². The average molecular weight is 463 g/mol. The molecule has 1 aliphatic heterocycles. The molecule has 160 valence electrons. The molecule has 2 aromatic carbocycles. The fraction of sp³-hybridized carbons (Fsp3) is 0.0556. The number of ether oxygens (including phenoxy) is 1. The van der Waals surface area contributed by atoms with Gasteiger partial charge in [-0.05, 0) is 48.1 Å². The number of non-ortho nitro benzene ring substituents is 1. The SMILES string of the molecule is COc1cc(C=C2C(=O)NC(=S)NC2=O)ccc1OS(=O)(=O)c1ccc([N+](=O)[O-])cc1. The molecule has 0 radical (unpaired) electrons. The zero-order chi connectivity index (χ0) is 22.8. The minimum Gasteiger partial charge on any atom is -0.493 e. The molecule has 0 atom stereocenters. The maximum absolute atomic E-state index is 12.5. The number of benzene rings is 2. The van der Waals surface area contributed by atoms with Crippen LogP contribution < -0.4 is 19.6 Å². The first-order chi connectivity index (χ1) is 14.6. The second kappa shape index (κ2) is 8.49. The lowest BCUT2D eigenvalue weighted by Crippen LogP contribution is -2.51. The van der Waals surface area contributed by atoms with Crippen LogP contribution in [0.15, 0.2) is 52.9 Å². The second-order valence-corrected chi connectivity index (χ2v) is 7.95. The molecule has 1 saturated heterocycles. The van der Waals surface area contributed by atoms with Crippen molar-refractivity contribution in [3.8, 4) is 11.5 Å². The Hall–Kier alpha value is -3.84. The third-order valence-corrected chi connectivity index (χ3v) is 5.43. The Morgan fingerprint density at radius 2 is 1.65 bits per heavy atom. The van der Waals surface area contributed by atoms with Crippen LogP contribution in [0.4, 0.5) is 5.69 Å². The van der Waals surface area contributed by atoms with Crippen molar-refractivity contribution < 1.29 is 31.9 Å². The first kappa shape index (κ1) is 21.9. The van der Waals surface area contributed by atoms with E-state index in [2.05, 4.69) is 10.6 Å². The van der Waals surface area contributed by atoms with Gasteiger partial charge in [-0.2, -0.15) is 8.42 Å². The number of hydrogen-bond donors (Lipinski definition) is 2. The molecule has 3 rings (SSSR count). The number of rotatable bonds is 6. The van der Waals surface area contributed by atoms with E-state index < -0.39 is 26.9 Å². The lowest BCUT2D eigenvalue weighted by molar-refractivity contribution is -0.384. The molecule has 11 nitrogen and oxygen atoms in total. The summed E-state index contributed by atoms with van der Waals surface area (Å²) in [6.45, 7) is 0. The quantitative estimate of drug-likeness (QED) is 0.161. The van der Waals surface area contributed by atoms with E-state index in [4.69, 9.17) is 21.1 Å². The van der Waals surface area contributed by atoms with Crippen molar-refractivity contribution in [2.24, 2.45) is 0 Å². The van der Waals surface area contributed by atoms with E-state index in [1.807, 2.05) is 0 Å². The van der Waals surface area contributed by atoms with Crippen LogP contribution >= 0.6 is 12.2 Å². The van der Waals surface area contributed by atoms with Crippen molar-refractivity contribution in [2.75, 3.05) is 7.11 Å². The Morgan fingerprint density at radius 1 is 1.03 bits per heavy atom. The smallest absolute Gasteiger partial charge is 0.339 e. The first-order valence-corrected chi connectivity index (χ1v) is 10.2. The van der Waals surface area contributed by atoms with Gasteiger partial charge in [-0.15, -0.1) is 0 Å². The van der Waals surface area contributed by atoms with Crippen LogP contribution in [0.3, 0.4) is 0 Å². The number of nitro benzene ring substituents is 1. The van der Waals surface area contributed by atoms with Gasteiger partial charge in [0.1, 0.15) is 10.5 Å². The van der Waals surface area contributed by atoms with Gasteiger partial charge in [-0.25, -0.2) is 0 Å². The molecular formula is C18H13N3O8S2. The summed E-state index contributed by atoms with van der Waals surface area (Å²) < 4.78 is 35.2. The second-order valence-electron chi connectivity index (χ2n) is 5.99. The number of thiocarbonyl (C=S) groups is 1. The highest BCUT2D eigenvalue weighted by molar-refractivity contribution is 7.87. The Bertz CT molecular complexity index is 1210. The third-order valence-electron chi connectivity index (χ3n) is 3.98. The topological polar surface area (TPSA) is 154 Å². The minimum absolute atomic E-state index is 0.00647. The monoisotopic (exact) mass is 463 g/mol. The van der Waals surface area contributed by atoms with Gasteiger partial charge in [0, 0.05) is 12.1 Å². The minimum atomic E-state index is -4.31. The molecule has 0 aliphatic carbocycles. The van der Waals surface area contributed by atoms with E-state index in [1.54, 1.807) is 0 Å². The van der Waals surface area contributed by atoms with Crippen LogP contribution in [-0.2, 0) is 19.7 Å². The van der Waals surface area contributed by atoms with E-state index in [0.717, 1.165) is 24.3 Å². The van der Waals surface area contributed by atoms with Crippen LogP contribution in [0.1, 0.15) is 5.56 Å². The number of amides is 2. The zero-order valence-electron chi connectivity index (χ0n) is 15.6. The van der Waals surface area contributed by atoms with Crippen LogP contribution in [0.5, 0.6) is 11.5 Å². The van der Waals surface area contributed by atoms with Gasteiger partial charge in [-0.3, -0.25) is 30.3 Å². The molecule has 2 aromatic rings. The van der Waals surface area contributed by atoms with Crippen LogP contribution in [-0.4, -0.2) is 37.4 Å². The Morgan fingerprint density at radius 3 is 2.19 bits per heavy atom. The van der Waals surface area contributed by atoms with Crippen molar-refractivity contribution in [2.45, 2.75) is 4.90 Å². The van der Waals surface area contributed by atoms with Gasteiger partial charge in [0.2, 0.25) is 0 Å². The van der Waals surface area contributed by atoms with E-state index >= 15 is 0 Å². The highest BCUT2D eigenvalue weighted by Crippen LogP contribution is 2.32. The number of hydrogen-bond acceptors (Lipinski definition) is 9. The lowest BCUT2D eigenvalue weighted by Gasteiger charge is -2.16. The number of carbonyl (C=O) groups excluding carboxylic acids is 2. The molecule has 0 aromatic heterocycles. The maximum Gasteiger partial charge on any atom is 0.339 e. The highest BCUT2D eigenvalue weighted by atomic mass is 32.2. The summed E-state index contributed by atoms with van der Waals surface area (Å²) in [6, 6.07) is 8.21. The summed E-state index contributed by atoms with van der Waals surface area (Å²) in [6.07, 6.45) is 1.27. The zero-order valence-corrected chi connectivity index (χ0v) is 17.3. The molecule has 0 bridgehead atoms. The van der Waals surface area contributed by atoms with Crippen molar-refractivity contribution in [1.29, 1.82) is 0 Å². The summed E-state index contributed by atoms with van der Waals surface area (Å²) >= 11 is 4.73. The van der Waals surface area contributed by atoms with Gasteiger partial charge >= 0.3 is 10.1 Å². The molecule has 0 unspecified atom stereocenters. The normalized spacial score (nSPS) is 13.8. The maximum atomic E-state index is 12.5. The Kier molecular flexibility index (Phi) is 5.99. The molecule has 0 saturated carbocycles. The fourth-order valence-electron chi connectivity index (χ4n) is 2.52. The standard InChI is InChI=1S/C18H13N3O8S2/c1-28-15-9-10(8-13-16(22)19-18(30)20-17(13)23)2-7-14(15)29-31(26,27)12-5-3-11(4-6-12)21(24)25/h2-9H,1H3,(H2,19,20,22,23,30). The van der Waals surface area contributed by atoms with Crippen molar-refractivity contribution in [3.63, 3.8) is 0 Å². The summed E-state index contributed by atoms with van der Waals surface area (Å²) in [5.74, 6) is -1.53. The summed E-state index contributed by atoms with van der Waals surface area (Å²) in [4.78, 5) is 33.7. The van der Waals surface area contributed by atoms with Gasteiger partial charge in [0.25, 0.3) is 17.5 Å². The number of carbonyl (C=O) groups is 2. The molecule has 1 fully saturated rings. The van der Waals surface area contributed by atoms with Crippen molar-refractivity contribution >= 4 is 51.0 Å². The van der Waals surface area contributed by atoms with E-state index in [1.165, 1.54) is 31.4 Å². The fourth-order valence-corrected chi connectivity index (χ4v) is 3.64. The molecule has 1 aliphatic rings. The van der Waals surface area contributed by atoms with E-state index in [0.29, 0.717) is 5.56 Å². The number of nitro groups is 1. The molecular weight excluding hydrogens is 450 g/mol. The Labute approximate surface area is 180 Å². The Balaban J connectivity index is 1.88. The predicted octanol–water partition coefficient (Wildman–Crippen LogP) is 1.29. The summed E-state index contributed by atoms with van der Waals surface area (Å²) in [5, 5.41) is 15.2. The van der Waals surface area contributed by atoms with Crippen molar-refractivity contribution in [3.05, 3.63) is 63.7 Å². The highest BCUT2D eigenvalue weighted by Gasteiger charge is 2.26. The predicted molar refractivity (Wildman–Crippen MR) is 111 cm³/mol. The third kappa shape index (κ3) is 4.84. The van der Waals surface area contributed by atoms with Gasteiger partial charge < -0.3 is 8.92 Å². The van der Waals surface area contributed by atoms with E-state index in [-0.39, 0.29) is 32.8 Å². The van der Waals surface area contributed by atoms with Crippen LogP contribution in [0, 0.1) is 10.1 Å². The first-order valence-electron chi connectivity index (χ1n) is 8.36. The van der Waals surface area contributed by atoms with Gasteiger partial charge in [0.15, 0.2) is 16.6 Å². The summed E-state index contributed by atoms with van der Waals surface area (Å²) in [7, 11) is -3.04. The van der Waals surface area contributed by atoms with Crippen LogP contribution in [0.25, 0.3) is 6.08 Å². The van der Waals surface area contributed by atoms with Gasteiger partial charge in [0.05, 0.1) is 12.0 Å². The molecule has 31 heavy (non-hydrogen) atoms. The number of methoxy groups -OCH3 is 1. The molecule has 1 heterocycles. The largest absolute Gasteiger partial charge is 0.493 e. The van der Waals surface area contributed by atoms with Gasteiger partial charge in [-0.1, -0.05) is 6.07 Å². The number of nitrogens with zero attached hydrogens (tertiary/aromatic N) is 1. The molecule has 2 amide bonds. The molecule has 2 N–H and O–H groups in total. The average Bonchev–Trinajstić information content (AvgIpc) is 2.71.